The first-order chi connectivity index (χ1) is 11.8. The number of fused-ring (bicyclic) bond motifs is 1. The van der Waals surface area contributed by atoms with Crippen LogP contribution in [0.3, 0.4) is 0 Å². The summed E-state index contributed by atoms with van der Waals surface area (Å²) in [5.74, 6) is 0. The van der Waals surface area contributed by atoms with Crippen LogP contribution in [-0.2, 0) is 6.42 Å². The smallest absolute Gasteiger partial charge is 0.00706 e. The summed E-state index contributed by atoms with van der Waals surface area (Å²) in [6, 6.07) is 28.8. The summed E-state index contributed by atoms with van der Waals surface area (Å²) in [7, 11) is 0. The number of benzene rings is 3. The quantitative estimate of drug-likeness (QED) is 0.521. The van der Waals surface area contributed by atoms with Crippen molar-refractivity contribution in [3.8, 4) is 0 Å². The lowest BCUT2D eigenvalue weighted by atomic mass is 9.87. The maximum atomic E-state index is 2.29. The molecule has 24 heavy (non-hydrogen) atoms. The molecule has 0 amide bonds. The molecule has 0 unspecified atom stereocenters. The predicted molar refractivity (Wildman–Crippen MR) is 103 cm³/mol. The number of rotatable bonds is 2. The molecule has 3 aromatic carbocycles. The van der Waals surface area contributed by atoms with Crippen molar-refractivity contribution >= 4 is 11.1 Å². The Labute approximate surface area is 144 Å². The van der Waals surface area contributed by atoms with Gasteiger partial charge in [0, 0.05) is 0 Å². The topological polar surface area (TPSA) is 0 Å². The standard InChI is InChI=1S/C24H22/c1-18-14-16-21(17-15-18)24-22-12-6-5-10-20(22)11-7-13-23(24)19-8-3-2-4-9-19/h2-6,8-10,12,14-17H,7,11,13H2,1H3. The molecule has 0 heterocycles. The van der Waals surface area contributed by atoms with Gasteiger partial charge in [-0.1, -0.05) is 84.4 Å². The molecule has 0 aromatic heterocycles. The van der Waals surface area contributed by atoms with Gasteiger partial charge in [-0.05, 0) is 59.6 Å². The van der Waals surface area contributed by atoms with Crippen LogP contribution in [0.5, 0.6) is 0 Å². The lowest BCUT2D eigenvalue weighted by Gasteiger charge is -2.16. The summed E-state index contributed by atoms with van der Waals surface area (Å²) in [5.41, 5.74) is 9.75. The van der Waals surface area contributed by atoms with E-state index in [4.69, 9.17) is 0 Å². The summed E-state index contributed by atoms with van der Waals surface area (Å²) < 4.78 is 0. The first kappa shape index (κ1) is 15.0. The molecule has 0 saturated heterocycles. The molecule has 0 spiro atoms. The Hall–Kier alpha value is -2.60. The maximum Gasteiger partial charge on any atom is -0.00706 e. The fourth-order valence-corrected chi connectivity index (χ4v) is 3.70. The van der Waals surface area contributed by atoms with Gasteiger partial charge in [-0.15, -0.1) is 0 Å². The second kappa shape index (κ2) is 6.49. The molecule has 0 bridgehead atoms. The fourth-order valence-electron chi connectivity index (χ4n) is 3.70. The van der Waals surface area contributed by atoms with Gasteiger partial charge in [-0.2, -0.15) is 0 Å². The molecule has 0 heteroatoms. The van der Waals surface area contributed by atoms with E-state index in [1.165, 1.54) is 45.4 Å². The Balaban J connectivity index is 2.00. The van der Waals surface area contributed by atoms with Gasteiger partial charge in [0.1, 0.15) is 0 Å². The third-order valence-corrected chi connectivity index (χ3v) is 4.92. The molecule has 0 radical (unpaired) electrons. The first-order valence-corrected chi connectivity index (χ1v) is 8.77. The second-order valence-corrected chi connectivity index (χ2v) is 6.60. The molecular weight excluding hydrogens is 288 g/mol. The van der Waals surface area contributed by atoms with Gasteiger partial charge in [0.05, 0.1) is 0 Å². The van der Waals surface area contributed by atoms with Crippen molar-refractivity contribution in [1.82, 2.24) is 0 Å². The third-order valence-electron chi connectivity index (χ3n) is 4.92. The minimum atomic E-state index is 1.13. The van der Waals surface area contributed by atoms with Gasteiger partial charge < -0.3 is 0 Å². The van der Waals surface area contributed by atoms with Crippen molar-refractivity contribution in [3.63, 3.8) is 0 Å². The molecule has 0 aliphatic heterocycles. The third kappa shape index (κ3) is 2.80. The van der Waals surface area contributed by atoms with Crippen molar-refractivity contribution in [1.29, 1.82) is 0 Å². The minimum absolute atomic E-state index is 1.13. The van der Waals surface area contributed by atoms with Crippen LogP contribution in [0, 0.1) is 6.92 Å². The summed E-state index contributed by atoms with van der Waals surface area (Å²) in [4.78, 5) is 0. The van der Waals surface area contributed by atoms with Crippen molar-refractivity contribution in [3.05, 3.63) is 107 Å². The highest BCUT2D eigenvalue weighted by Crippen LogP contribution is 2.39. The van der Waals surface area contributed by atoms with E-state index in [0.29, 0.717) is 0 Å². The highest BCUT2D eigenvalue weighted by atomic mass is 14.2. The SMILES string of the molecule is Cc1ccc(C2=C(c3ccccc3)CCCc3ccccc32)cc1. The molecule has 0 N–H and O–H groups in total. The molecule has 118 valence electrons. The Kier molecular flexibility index (Phi) is 4.04. The van der Waals surface area contributed by atoms with E-state index < -0.39 is 0 Å². The van der Waals surface area contributed by atoms with Crippen molar-refractivity contribution in [2.45, 2.75) is 26.2 Å². The molecule has 1 aliphatic carbocycles. The Morgan fingerprint density at radius 3 is 2.12 bits per heavy atom. The molecule has 0 nitrogen and oxygen atoms in total. The maximum absolute atomic E-state index is 2.29. The zero-order chi connectivity index (χ0) is 16.4. The van der Waals surface area contributed by atoms with E-state index in [9.17, 15) is 0 Å². The molecule has 4 rings (SSSR count). The zero-order valence-corrected chi connectivity index (χ0v) is 14.1. The van der Waals surface area contributed by atoms with Gasteiger partial charge in [-0.3, -0.25) is 0 Å². The molecule has 3 aromatic rings. The summed E-state index contributed by atoms with van der Waals surface area (Å²) in [6.07, 6.45) is 3.49. The number of aryl methyl sites for hydroxylation is 2. The van der Waals surface area contributed by atoms with Gasteiger partial charge in [-0.25, -0.2) is 0 Å². The van der Waals surface area contributed by atoms with Crippen molar-refractivity contribution in [2.75, 3.05) is 0 Å². The van der Waals surface area contributed by atoms with Crippen LogP contribution in [0.4, 0.5) is 0 Å². The number of hydrogen-bond donors (Lipinski definition) is 0. The van der Waals surface area contributed by atoms with E-state index in [2.05, 4.69) is 85.8 Å². The zero-order valence-electron chi connectivity index (χ0n) is 14.1. The monoisotopic (exact) mass is 310 g/mol. The van der Waals surface area contributed by atoms with Crippen LogP contribution in [0.15, 0.2) is 78.9 Å². The summed E-state index contributed by atoms with van der Waals surface area (Å²) in [6.45, 7) is 2.15. The van der Waals surface area contributed by atoms with Crippen LogP contribution < -0.4 is 0 Å². The highest BCUT2D eigenvalue weighted by molar-refractivity contribution is 5.99. The molecule has 1 aliphatic rings. The largest absolute Gasteiger partial charge is 0.0622 e. The Bertz CT molecular complexity index is 867. The van der Waals surface area contributed by atoms with Crippen LogP contribution in [0.2, 0.25) is 0 Å². The van der Waals surface area contributed by atoms with Gasteiger partial charge in [0.25, 0.3) is 0 Å². The number of allylic oxidation sites excluding steroid dienone is 1. The van der Waals surface area contributed by atoms with Gasteiger partial charge >= 0.3 is 0 Å². The average molecular weight is 310 g/mol. The normalized spacial score (nSPS) is 14.2. The van der Waals surface area contributed by atoms with Crippen LogP contribution in [-0.4, -0.2) is 0 Å². The lowest BCUT2D eigenvalue weighted by molar-refractivity contribution is 0.860. The fraction of sp³-hybridized carbons (Fsp3) is 0.167. The minimum Gasteiger partial charge on any atom is -0.0622 e. The summed E-state index contributed by atoms with van der Waals surface area (Å²) in [5, 5.41) is 0. The number of hydrogen-bond acceptors (Lipinski definition) is 0. The molecular formula is C24H22. The molecule has 0 fully saturated rings. The Morgan fingerprint density at radius 2 is 1.33 bits per heavy atom. The van der Waals surface area contributed by atoms with E-state index in [-0.39, 0.29) is 0 Å². The highest BCUT2D eigenvalue weighted by Gasteiger charge is 2.19. The Morgan fingerprint density at radius 1 is 0.625 bits per heavy atom. The predicted octanol–water partition coefficient (Wildman–Crippen LogP) is 6.29. The average Bonchev–Trinajstić information content (AvgIpc) is 2.83. The van der Waals surface area contributed by atoms with E-state index in [0.717, 1.165) is 12.8 Å². The lowest BCUT2D eigenvalue weighted by Crippen LogP contribution is -1.96. The molecule has 0 atom stereocenters. The van der Waals surface area contributed by atoms with E-state index >= 15 is 0 Å². The second-order valence-electron chi connectivity index (χ2n) is 6.60. The summed E-state index contributed by atoms with van der Waals surface area (Å²) >= 11 is 0. The first-order valence-electron chi connectivity index (χ1n) is 8.77. The van der Waals surface area contributed by atoms with Crippen LogP contribution in [0.1, 0.15) is 40.7 Å². The molecule has 0 saturated carbocycles. The van der Waals surface area contributed by atoms with Gasteiger partial charge in [0.2, 0.25) is 0 Å². The van der Waals surface area contributed by atoms with Crippen molar-refractivity contribution in [2.24, 2.45) is 0 Å². The van der Waals surface area contributed by atoms with Crippen LogP contribution >= 0.6 is 0 Å². The van der Waals surface area contributed by atoms with Crippen molar-refractivity contribution < 1.29 is 0 Å². The van der Waals surface area contributed by atoms with E-state index in [1.807, 2.05) is 0 Å². The van der Waals surface area contributed by atoms with Crippen LogP contribution in [0.25, 0.3) is 11.1 Å². The van der Waals surface area contributed by atoms with Gasteiger partial charge in [0.15, 0.2) is 0 Å². The van der Waals surface area contributed by atoms with E-state index in [1.54, 1.807) is 0 Å².